The molecule has 3 aliphatic heterocycles. The number of nitrogens with zero attached hydrogens (tertiary/aromatic N) is 3. The molecule has 0 saturated heterocycles. The van der Waals surface area contributed by atoms with Crippen LogP contribution in [0.1, 0.15) is 83.5 Å². The highest BCUT2D eigenvalue weighted by atomic mass is 35.5. The molecule has 3 aromatic rings. The maximum atomic E-state index is 15.0. The van der Waals surface area contributed by atoms with E-state index in [9.17, 15) is 14.7 Å². The molecule has 4 heterocycles. The summed E-state index contributed by atoms with van der Waals surface area (Å²) in [6.07, 6.45) is 10.0. The maximum Gasteiger partial charge on any atom is 0.286 e. The number of benzene rings is 2. The molecule has 1 spiro atoms. The number of nitrogens with one attached hydrogen (secondary N) is 1. The Kier molecular flexibility index (Phi) is 10.7. The van der Waals surface area contributed by atoms with E-state index < -0.39 is 33.1 Å². The van der Waals surface area contributed by atoms with Gasteiger partial charge in [-0.15, -0.1) is 4.36 Å². The van der Waals surface area contributed by atoms with Crippen molar-refractivity contribution in [2.24, 2.45) is 22.1 Å². The average Bonchev–Trinajstić information content (AvgIpc) is 3.52. The zero-order chi connectivity index (χ0) is 38.5. The number of fused-ring (bicyclic) bond motifs is 5. The summed E-state index contributed by atoms with van der Waals surface area (Å²) >= 11 is 6.46. The second-order valence-corrected chi connectivity index (χ2v) is 19.0. The van der Waals surface area contributed by atoms with E-state index in [1.165, 1.54) is 11.1 Å². The zero-order valence-corrected chi connectivity index (χ0v) is 33.3. The van der Waals surface area contributed by atoms with E-state index in [1.807, 2.05) is 35.8 Å². The number of aryl methyl sites for hydroxylation is 1. The van der Waals surface area contributed by atoms with E-state index in [4.69, 9.17) is 25.8 Å². The number of amides is 2. The SMILES string of the molecule is COC[C@H]1Cn2cc(C(=O)NS3(=O)=NC(=O)c4ccc5c(c4)N(C[C@@H]4CC[C@H]4[C@@H](O)/C=C/C[C@H](C)[C@H]3C)C[C@@]3(CCCc4cc(Cl)ccc43)CO5)cc2CO1. The molecule has 5 aliphatic rings. The number of aromatic nitrogens is 1. The Morgan fingerprint density at radius 1 is 1.16 bits per heavy atom. The van der Waals surface area contributed by atoms with Crippen molar-refractivity contribution >= 4 is 39.0 Å². The number of rotatable bonds is 4. The van der Waals surface area contributed by atoms with E-state index in [2.05, 4.69) is 26.1 Å². The molecule has 55 heavy (non-hydrogen) atoms. The van der Waals surface area contributed by atoms with Gasteiger partial charge in [0.15, 0.2) is 0 Å². The minimum Gasteiger partial charge on any atom is -0.490 e. The molecule has 1 aromatic heterocycles. The number of ether oxygens (including phenoxy) is 3. The first kappa shape index (κ1) is 38.2. The zero-order valence-electron chi connectivity index (χ0n) is 31.7. The van der Waals surface area contributed by atoms with Crippen molar-refractivity contribution in [2.45, 2.75) is 88.4 Å². The molecule has 8 atom stereocenters. The van der Waals surface area contributed by atoms with Gasteiger partial charge in [0.1, 0.15) is 15.7 Å². The van der Waals surface area contributed by atoms with Crippen molar-refractivity contribution in [3.8, 4) is 5.75 Å². The Labute approximate surface area is 328 Å². The van der Waals surface area contributed by atoms with Crippen LogP contribution in [0.5, 0.6) is 5.75 Å². The highest BCUT2D eigenvalue weighted by molar-refractivity contribution is 7.93. The Morgan fingerprint density at radius 2 is 2.02 bits per heavy atom. The molecule has 2 aliphatic carbocycles. The monoisotopic (exact) mass is 790 g/mol. The number of aliphatic hydroxyl groups is 1. The van der Waals surface area contributed by atoms with Gasteiger partial charge in [0.2, 0.25) is 0 Å². The highest BCUT2D eigenvalue weighted by Crippen LogP contribution is 2.47. The van der Waals surface area contributed by atoms with E-state index in [-0.39, 0.29) is 34.8 Å². The summed E-state index contributed by atoms with van der Waals surface area (Å²) in [5, 5.41) is 11.5. The van der Waals surface area contributed by atoms with Gasteiger partial charge in [-0.05, 0) is 111 Å². The number of aliphatic hydroxyl groups excluding tert-OH is 1. The van der Waals surface area contributed by atoms with Gasteiger partial charge in [0.25, 0.3) is 11.8 Å². The van der Waals surface area contributed by atoms with Crippen LogP contribution in [0.25, 0.3) is 0 Å². The first-order chi connectivity index (χ1) is 26.4. The molecular weight excluding hydrogens is 740 g/mol. The summed E-state index contributed by atoms with van der Waals surface area (Å²) < 4.78 is 41.8. The lowest BCUT2D eigenvalue weighted by atomic mass is 9.68. The van der Waals surface area contributed by atoms with E-state index in [0.717, 1.165) is 48.5 Å². The fraction of sp³-hybridized carbons (Fsp3) is 0.524. The number of methoxy groups -OCH3 is 1. The number of hydrogen-bond acceptors (Lipinski definition) is 8. The number of carbonyl (C=O) groups is 2. The minimum atomic E-state index is -3.67. The van der Waals surface area contributed by atoms with Gasteiger partial charge < -0.3 is 28.8 Å². The third-order valence-electron chi connectivity index (χ3n) is 12.7. The molecule has 2 aromatic carbocycles. The third kappa shape index (κ3) is 7.48. The van der Waals surface area contributed by atoms with Crippen LogP contribution in [0.15, 0.2) is 65.2 Å². The van der Waals surface area contributed by atoms with Gasteiger partial charge in [-0.1, -0.05) is 36.7 Å². The summed E-state index contributed by atoms with van der Waals surface area (Å²) in [7, 11) is -2.05. The van der Waals surface area contributed by atoms with Crippen LogP contribution in [0.3, 0.4) is 0 Å². The van der Waals surface area contributed by atoms with Crippen LogP contribution in [0.2, 0.25) is 5.02 Å². The van der Waals surface area contributed by atoms with Gasteiger partial charge in [-0.3, -0.25) is 14.3 Å². The lowest BCUT2D eigenvalue weighted by molar-refractivity contribution is -0.0382. The number of anilines is 1. The summed E-state index contributed by atoms with van der Waals surface area (Å²) in [5.41, 5.74) is 4.34. The molecule has 2 N–H and O–H groups in total. The smallest absolute Gasteiger partial charge is 0.286 e. The van der Waals surface area contributed by atoms with Crippen LogP contribution in [0, 0.1) is 17.8 Å². The molecule has 1 saturated carbocycles. The molecule has 1 fully saturated rings. The molecule has 0 radical (unpaired) electrons. The predicted octanol–water partition coefficient (Wildman–Crippen LogP) is 6.48. The van der Waals surface area contributed by atoms with Gasteiger partial charge in [-0.25, -0.2) is 4.21 Å². The molecule has 2 bridgehead atoms. The molecule has 8 rings (SSSR count). The first-order valence-electron chi connectivity index (χ1n) is 19.5. The minimum absolute atomic E-state index is 0.0876. The van der Waals surface area contributed by atoms with Crippen molar-refractivity contribution < 1.29 is 33.1 Å². The van der Waals surface area contributed by atoms with Crippen molar-refractivity contribution in [1.82, 2.24) is 9.29 Å². The van der Waals surface area contributed by atoms with Crippen LogP contribution in [0.4, 0.5) is 5.69 Å². The normalized spacial score (nSPS) is 32.5. The van der Waals surface area contributed by atoms with Crippen LogP contribution in [-0.2, 0) is 44.4 Å². The van der Waals surface area contributed by atoms with E-state index in [0.29, 0.717) is 57.2 Å². The highest BCUT2D eigenvalue weighted by Gasteiger charge is 2.44. The maximum absolute atomic E-state index is 15.0. The molecule has 1 unspecified atom stereocenters. The Bertz CT molecular complexity index is 2130. The van der Waals surface area contributed by atoms with Crippen molar-refractivity contribution in [1.29, 1.82) is 0 Å². The van der Waals surface area contributed by atoms with Crippen molar-refractivity contribution in [3.63, 3.8) is 0 Å². The standard InChI is InChI=1S/C42H51ClN4O7S/c1-26-6-4-8-38(48)35-12-9-30(35)19-47-24-42(15-5-7-28-16-32(43)11-13-36(28)42)25-54-39-14-10-29(18-37(39)47)40(49)44-55(51,27(26)2)45-41(50)31-17-33-22-53-34(23-52-3)21-46(33)20-31/h4,8,10-11,13-14,16-18,20,26-27,30,34-35,38,48H,5-7,9,12,15,19,21-25H2,1-3H3,(H,44,45,49,50,51)/b8-4+/t26-,27+,30-,34+,35+,38-,42-,55?/m0/s1. The van der Waals surface area contributed by atoms with Crippen LogP contribution in [-0.4, -0.2) is 76.6 Å². The summed E-state index contributed by atoms with van der Waals surface area (Å²) in [4.78, 5) is 30.4. The number of halogens is 1. The Morgan fingerprint density at radius 3 is 2.82 bits per heavy atom. The number of allylic oxidation sites excluding steroid dienone is 1. The average molecular weight is 791 g/mol. The Balaban J connectivity index is 1.17. The fourth-order valence-electron chi connectivity index (χ4n) is 9.18. The molecular formula is C42H51ClN4O7S. The van der Waals surface area contributed by atoms with E-state index in [1.54, 1.807) is 38.4 Å². The predicted molar refractivity (Wildman–Crippen MR) is 212 cm³/mol. The lowest BCUT2D eigenvalue weighted by Crippen LogP contribution is -2.49. The van der Waals surface area contributed by atoms with E-state index >= 15 is 4.21 Å². The molecule has 11 nitrogen and oxygen atoms in total. The quantitative estimate of drug-likeness (QED) is 0.287. The van der Waals surface area contributed by atoms with Crippen LogP contribution >= 0.6 is 11.6 Å². The number of hydrogen-bond donors (Lipinski definition) is 2. The van der Waals surface area contributed by atoms with Crippen molar-refractivity contribution in [2.75, 3.05) is 38.3 Å². The molecule has 294 valence electrons. The first-order valence-corrected chi connectivity index (χ1v) is 21.5. The molecule has 13 heteroatoms. The second-order valence-electron chi connectivity index (χ2n) is 16.3. The Hall–Kier alpha value is -3.68. The number of carbonyl (C=O) groups excluding carboxylic acids is 2. The van der Waals surface area contributed by atoms with Gasteiger partial charge in [0, 0.05) is 48.1 Å². The van der Waals surface area contributed by atoms with Crippen molar-refractivity contribution in [3.05, 3.63) is 93.8 Å². The summed E-state index contributed by atoms with van der Waals surface area (Å²) in [6.45, 7) is 6.76. The summed E-state index contributed by atoms with van der Waals surface area (Å²) in [6, 6.07) is 13.2. The van der Waals surface area contributed by atoms with Gasteiger partial charge in [0.05, 0.1) is 55.1 Å². The van der Waals surface area contributed by atoms with Gasteiger partial charge >= 0.3 is 0 Å². The largest absolute Gasteiger partial charge is 0.490 e. The fourth-order valence-corrected chi connectivity index (χ4v) is 11.2. The molecule has 2 amide bonds. The lowest BCUT2D eigenvalue weighted by Gasteiger charge is -2.45. The van der Waals surface area contributed by atoms with Gasteiger partial charge in [-0.2, -0.15) is 0 Å². The summed E-state index contributed by atoms with van der Waals surface area (Å²) in [5.74, 6) is -0.500. The third-order valence-corrected chi connectivity index (χ3v) is 15.3. The second kappa shape index (κ2) is 15.3. The topological polar surface area (TPSA) is 132 Å². The van der Waals surface area contributed by atoms with Crippen LogP contribution < -0.4 is 14.4 Å².